The van der Waals surface area contributed by atoms with Gasteiger partial charge in [-0.25, -0.2) is 8.78 Å². The van der Waals surface area contributed by atoms with Gasteiger partial charge in [-0.1, -0.05) is 55.8 Å². The summed E-state index contributed by atoms with van der Waals surface area (Å²) in [6, 6.07) is 6.94. The SMILES string of the molecule is CCCCOc1ccc(CN2C[C@@H]3C[C@H]4[C@@H]5CCC6=CC(=O)C=C[C@]6(C)[C@@]5(F)[C@@H](O)C[C@]4(C)[C@]3(C(=O)SCF)O2)cc1. The number of benzene rings is 1. The fourth-order valence-corrected chi connectivity index (χ4v) is 9.90. The van der Waals surface area contributed by atoms with Crippen LogP contribution >= 0.6 is 11.8 Å². The first kappa shape index (κ1) is 30.0. The number of hydroxylamine groups is 2. The van der Waals surface area contributed by atoms with Crippen LogP contribution < -0.4 is 4.74 Å². The number of unbranched alkanes of at least 4 members (excludes halogenated alkanes) is 1. The summed E-state index contributed by atoms with van der Waals surface area (Å²) >= 11 is 0.610. The van der Waals surface area contributed by atoms with Crippen LogP contribution in [0.25, 0.3) is 0 Å². The molecule has 42 heavy (non-hydrogen) atoms. The predicted octanol–water partition coefficient (Wildman–Crippen LogP) is 6.14. The summed E-state index contributed by atoms with van der Waals surface area (Å²) in [7, 11) is 0. The molecule has 1 aliphatic heterocycles. The summed E-state index contributed by atoms with van der Waals surface area (Å²) in [5.74, 6) is -0.399. The first-order valence-electron chi connectivity index (χ1n) is 15.2. The van der Waals surface area contributed by atoms with Crippen LogP contribution in [-0.2, 0) is 21.0 Å². The van der Waals surface area contributed by atoms with E-state index in [2.05, 4.69) is 6.92 Å². The van der Waals surface area contributed by atoms with Crippen LogP contribution in [-0.4, -0.2) is 57.6 Å². The van der Waals surface area contributed by atoms with Crippen LogP contribution in [0.2, 0.25) is 0 Å². The number of hydrogen-bond acceptors (Lipinski definition) is 7. The van der Waals surface area contributed by atoms with Gasteiger partial charge in [0.05, 0.1) is 12.7 Å². The van der Waals surface area contributed by atoms with Crippen molar-refractivity contribution < 1.29 is 33.1 Å². The molecule has 8 atom stereocenters. The second-order valence-corrected chi connectivity index (χ2v) is 14.1. The second-order valence-electron chi connectivity index (χ2n) is 13.2. The van der Waals surface area contributed by atoms with Crippen molar-refractivity contribution in [3.63, 3.8) is 0 Å². The highest BCUT2D eigenvalue weighted by atomic mass is 32.2. The Labute approximate surface area is 250 Å². The molecular weight excluding hydrogens is 560 g/mol. The highest BCUT2D eigenvalue weighted by Gasteiger charge is 2.79. The van der Waals surface area contributed by atoms with Crippen LogP contribution in [0.4, 0.5) is 8.78 Å². The third-order valence-corrected chi connectivity index (χ3v) is 11.9. The Bertz CT molecular complexity index is 1300. The molecule has 1 heterocycles. The molecule has 228 valence electrons. The van der Waals surface area contributed by atoms with Crippen LogP contribution in [0.3, 0.4) is 0 Å². The number of ketones is 1. The zero-order valence-corrected chi connectivity index (χ0v) is 25.4. The van der Waals surface area contributed by atoms with Gasteiger partial charge >= 0.3 is 0 Å². The number of allylic oxidation sites excluding steroid dienone is 4. The fourth-order valence-electron chi connectivity index (χ4n) is 9.15. The van der Waals surface area contributed by atoms with Crippen LogP contribution in [0, 0.1) is 28.6 Å². The van der Waals surface area contributed by atoms with Gasteiger partial charge in [0, 0.05) is 35.8 Å². The summed E-state index contributed by atoms with van der Waals surface area (Å²) in [4.78, 5) is 32.7. The summed E-state index contributed by atoms with van der Waals surface area (Å²) in [5.41, 5.74) is -3.65. The van der Waals surface area contributed by atoms with E-state index in [4.69, 9.17) is 9.57 Å². The zero-order chi connectivity index (χ0) is 29.9. The van der Waals surface area contributed by atoms with Crippen LogP contribution in [0.5, 0.6) is 5.75 Å². The third kappa shape index (κ3) is 4.20. The summed E-state index contributed by atoms with van der Waals surface area (Å²) in [5, 5.41) is 13.1. The Morgan fingerprint density at radius 3 is 2.71 bits per heavy atom. The number of fused-ring (bicyclic) bond motifs is 7. The molecule has 3 saturated carbocycles. The zero-order valence-electron chi connectivity index (χ0n) is 24.6. The Morgan fingerprint density at radius 1 is 1.24 bits per heavy atom. The molecule has 1 aromatic rings. The van der Waals surface area contributed by atoms with Crippen LogP contribution in [0.15, 0.2) is 48.1 Å². The van der Waals surface area contributed by atoms with E-state index in [9.17, 15) is 19.1 Å². The number of aliphatic hydroxyl groups excluding tert-OH is 1. The Morgan fingerprint density at radius 2 is 2.00 bits per heavy atom. The Hall–Kier alpha value is -2.07. The maximum atomic E-state index is 17.5. The van der Waals surface area contributed by atoms with Gasteiger partial charge in [-0.05, 0) is 74.8 Å². The second kappa shape index (κ2) is 10.8. The molecule has 4 fully saturated rings. The molecule has 1 N–H and O–H groups in total. The summed E-state index contributed by atoms with van der Waals surface area (Å²) < 4.78 is 37.0. The molecule has 0 aromatic heterocycles. The summed E-state index contributed by atoms with van der Waals surface area (Å²) in [6.45, 7) is 7.41. The van der Waals surface area contributed by atoms with Crippen molar-refractivity contribution in [2.75, 3.05) is 19.2 Å². The van der Waals surface area contributed by atoms with Gasteiger partial charge < -0.3 is 9.84 Å². The van der Waals surface area contributed by atoms with Gasteiger partial charge in [0.15, 0.2) is 17.1 Å². The number of halogens is 2. The van der Waals surface area contributed by atoms with E-state index in [1.54, 1.807) is 18.1 Å². The number of alkyl halides is 2. The van der Waals surface area contributed by atoms with E-state index >= 15 is 4.39 Å². The molecule has 0 unspecified atom stereocenters. The smallest absolute Gasteiger partial charge is 0.226 e. The van der Waals surface area contributed by atoms with E-state index in [1.165, 1.54) is 12.2 Å². The van der Waals surface area contributed by atoms with Gasteiger partial charge in [0.1, 0.15) is 11.8 Å². The Kier molecular flexibility index (Phi) is 7.73. The Balaban J connectivity index is 1.29. The van der Waals surface area contributed by atoms with Crippen molar-refractivity contribution in [2.24, 2.45) is 28.6 Å². The van der Waals surface area contributed by atoms with Crippen molar-refractivity contribution >= 4 is 22.7 Å². The molecule has 6 nitrogen and oxygen atoms in total. The maximum absolute atomic E-state index is 17.5. The van der Waals surface area contributed by atoms with Crippen LogP contribution in [0.1, 0.15) is 64.9 Å². The molecule has 4 aliphatic carbocycles. The lowest BCUT2D eigenvalue weighted by Crippen LogP contribution is -2.69. The van der Waals surface area contributed by atoms with E-state index < -0.39 is 40.1 Å². The molecular formula is C33H41F2NO5S. The third-order valence-electron chi connectivity index (χ3n) is 11.2. The number of rotatable bonds is 8. The molecule has 0 amide bonds. The largest absolute Gasteiger partial charge is 0.494 e. The number of nitrogens with zero attached hydrogens (tertiary/aromatic N) is 1. The average molecular weight is 602 g/mol. The molecule has 6 rings (SSSR count). The first-order chi connectivity index (χ1) is 20.0. The molecule has 9 heteroatoms. The monoisotopic (exact) mass is 601 g/mol. The molecule has 0 spiro atoms. The van der Waals surface area contributed by atoms with E-state index in [0.29, 0.717) is 50.7 Å². The van der Waals surface area contributed by atoms with Gasteiger partial charge in [-0.2, -0.15) is 5.06 Å². The van der Waals surface area contributed by atoms with Crippen molar-refractivity contribution in [1.29, 1.82) is 0 Å². The maximum Gasteiger partial charge on any atom is 0.226 e. The summed E-state index contributed by atoms with van der Waals surface area (Å²) in [6.07, 6.45) is 6.83. The van der Waals surface area contributed by atoms with E-state index in [-0.39, 0.29) is 29.2 Å². The van der Waals surface area contributed by atoms with Crippen molar-refractivity contribution in [1.82, 2.24) is 5.06 Å². The molecule has 0 radical (unpaired) electrons. The standard InChI is InChI=1S/C33H41F2NO5S/c1-4-5-14-40-25-9-6-21(7-10-25)18-36-19-23-16-27-26-11-8-22-15-24(37)12-13-30(22,2)32(26,35)28(38)17-31(27,3)33(23,41-36)29(39)42-20-34/h6-7,9-10,12-13,15,23,26-28,38H,4-5,8,11,14,16-20H2,1-3H3/t23-,26-,27-,28-,30-,31-,32-,33-/m0/s1. The minimum atomic E-state index is -1.99. The molecule has 0 bridgehead atoms. The minimum absolute atomic E-state index is 0.0159. The van der Waals surface area contributed by atoms with Gasteiger partial charge in [0.2, 0.25) is 5.12 Å². The molecule has 1 saturated heterocycles. The van der Waals surface area contributed by atoms with Crippen molar-refractivity contribution in [3.8, 4) is 5.75 Å². The van der Waals surface area contributed by atoms with Gasteiger partial charge in [-0.15, -0.1) is 0 Å². The first-order valence-corrected chi connectivity index (χ1v) is 16.2. The minimum Gasteiger partial charge on any atom is -0.494 e. The quantitative estimate of drug-likeness (QED) is 0.359. The molecule has 5 aliphatic rings. The number of carbonyl (C=O) groups excluding carboxylic acids is 2. The number of hydrogen-bond donors (Lipinski definition) is 1. The van der Waals surface area contributed by atoms with E-state index in [0.717, 1.165) is 29.7 Å². The topological polar surface area (TPSA) is 76.1 Å². The fraction of sp³-hybridized carbons (Fsp3) is 0.636. The lowest BCUT2D eigenvalue weighted by Gasteiger charge is -2.62. The highest BCUT2D eigenvalue weighted by molar-refractivity contribution is 8.13. The highest BCUT2D eigenvalue weighted by Crippen LogP contribution is 2.73. The predicted molar refractivity (Wildman–Crippen MR) is 157 cm³/mol. The normalized spacial score (nSPS) is 40.6. The molecule has 1 aromatic carbocycles. The van der Waals surface area contributed by atoms with Crippen molar-refractivity contribution in [3.05, 3.63) is 53.6 Å². The van der Waals surface area contributed by atoms with E-state index in [1.807, 2.05) is 31.2 Å². The number of ether oxygens (including phenoxy) is 1. The number of carbonyl (C=O) groups is 2. The van der Waals surface area contributed by atoms with Gasteiger partial charge in [0.25, 0.3) is 0 Å². The number of aliphatic hydroxyl groups is 1. The lowest BCUT2D eigenvalue weighted by atomic mass is 9.45. The number of thioether (sulfide) groups is 1. The average Bonchev–Trinajstić information content (AvgIpc) is 3.43. The van der Waals surface area contributed by atoms with Crippen molar-refractivity contribution in [2.45, 2.75) is 83.2 Å². The van der Waals surface area contributed by atoms with Gasteiger partial charge in [-0.3, -0.25) is 14.4 Å². The lowest BCUT2D eigenvalue weighted by molar-refractivity contribution is -0.264.